The fourth-order valence-electron chi connectivity index (χ4n) is 4.64. The van der Waals surface area contributed by atoms with Gasteiger partial charge < -0.3 is 0 Å². The van der Waals surface area contributed by atoms with Crippen molar-refractivity contribution in [2.75, 3.05) is 0 Å². The van der Waals surface area contributed by atoms with E-state index in [9.17, 15) is 9.59 Å². The van der Waals surface area contributed by atoms with Crippen molar-refractivity contribution in [3.05, 3.63) is 40.9 Å². The Morgan fingerprint density at radius 3 is 2.81 bits per heavy atom. The molecule has 1 amide bonds. The van der Waals surface area contributed by atoms with Crippen LogP contribution < -0.4 is 11.0 Å². The molecule has 2 bridgehead atoms. The number of rotatable bonds is 3. The van der Waals surface area contributed by atoms with Gasteiger partial charge in [0.2, 0.25) is 0 Å². The van der Waals surface area contributed by atoms with Crippen molar-refractivity contribution in [1.82, 2.24) is 15.0 Å². The van der Waals surface area contributed by atoms with Crippen molar-refractivity contribution in [3.8, 4) is 0 Å². The molecule has 2 aliphatic rings. The van der Waals surface area contributed by atoms with Crippen LogP contribution in [0.15, 0.2) is 40.5 Å². The topological polar surface area (TPSA) is 76.3 Å². The van der Waals surface area contributed by atoms with Crippen molar-refractivity contribution >= 4 is 22.5 Å². The minimum absolute atomic E-state index is 0.0479. The first-order valence-corrected chi connectivity index (χ1v) is 9.13. The van der Waals surface area contributed by atoms with Crippen LogP contribution in [0.3, 0.4) is 0 Å². The van der Waals surface area contributed by atoms with Gasteiger partial charge in [-0.1, -0.05) is 32.9 Å². The fourth-order valence-corrected chi connectivity index (χ4v) is 4.64. The van der Waals surface area contributed by atoms with Crippen LogP contribution in [-0.2, 0) is 11.3 Å². The van der Waals surface area contributed by atoms with Crippen LogP contribution in [0.5, 0.6) is 0 Å². The molecule has 6 heteroatoms. The third-order valence-electron chi connectivity index (χ3n) is 6.87. The summed E-state index contributed by atoms with van der Waals surface area (Å²) >= 11 is 0. The molecule has 1 N–H and O–H groups in total. The number of hydrogen-bond acceptors (Lipinski definition) is 4. The summed E-state index contributed by atoms with van der Waals surface area (Å²) < 4.78 is 1.32. The number of benzene rings is 1. The summed E-state index contributed by atoms with van der Waals surface area (Å²) in [5.41, 5.74) is 4.42. The molecular weight excluding hydrogens is 328 g/mol. The van der Waals surface area contributed by atoms with Gasteiger partial charge in [-0.3, -0.25) is 14.2 Å². The van der Waals surface area contributed by atoms with E-state index in [4.69, 9.17) is 0 Å². The van der Waals surface area contributed by atoms with E-state index in [1.165, 1.54) is 17.3 Å². The van der Waals surface area contributed by atoms with Crippen LogP contribution in [0.25, 0.3) is 10.9 Å². The summed E-state index contributed by atoms with van der Waals surface area (Å²) in [5.74, 6) is 0.330. The normalized spacial score (nSPS) is 28.0. The second-order valence-electron chi connectivity index (χ2n) is 8.28. The molecule has 0 unspecified atom stereocenters. The van der Waals surface area contributed by atoms with Crippen molar-refractivity contribution in [2.24, 2.45) is 21.8 Å². The van der Waals surface area contributed by atoms with E-state index in [1.54, 1.807) is 18.2 Å². The van der Waals surface area contributed by atoms with E-state index >= 15 is 0 Å². The average molecular weight is 352 g/mol. The van der Waals surface area contributed by atoms with E-state index in [1.807, 2.05) is 6.07 Å². The molecule has 2 fully saturated rings. The molecule has 0 aliphatic heterocycles. The van der Waals surface area contributed by atoms with Gasteiger partial charge in [0, 0.05) is 11.1 Å². The Bertz CT molecular complexity index is 975. The Morgan fingerprint density at radius 1 is 1.35 bits per heavy atom. The molecule has 26 heavy (non-hydrogen) atoms. The number of carbonyl (C=O) groups excluding carboxylic acids is 1. The van der Waals surface area contributed by atoms with Crippen LogP contribution in [0.4, 0.5) is 0 Å². The SMILES string of the molecule is CC1(C)[C@@H]2CC[C@]1(C)/C(=N/NC(=O)Cn1cnc3ccccc3c1=O)C2. The lowest BCUT2D eigenvalue weighted by Crippen LogP contribution is -2.35. The number of hydrogen-bond donors (Lipinski definition) is 1. The quantitative estimate of drug-likeness (QED) is 0.863. The maximum absolute atomic E-state index is 12.5. The molecular formula is C20H24N4O2. The maximum atomic E-state index is 12.5. The van der Waals surface area contributed by atoms with Crippen LogP contribution in [0.2, 0.25) is 0 Å². The molecule has 0 radical (unpaired) electrons. The summed E-state index contributed by atoms with van der Waals surface area (Å²) in [6.45, 7) is 6.77. The van der Waals surface area contributed by atoms with Crippen molar-refractivity contribution in [1.29, 1.82) is 0 Å². The highest BCUT2D eigenvalue weighted by Crippen LogP contribution is 2.63. The Balaban J connectivity index is 1.51. The smallest absolute Gasteiger partial charge is 0.261 e. The fraction of sp³-hybridized carbons (Fsp3) is 0.500. The third kappa shape index (κ3) is 2.39. The van der Waals surface area contributed by atoms with Crippen LogP contribution in [0, 0.1) is 16.7 Å². The molecule has 4 rings (SSSR count). The monoisotopic (exact) mass is 352 g/mol. The van der Waals surface area contributed by atoms with Crippen LogP contribution >= 0.6 is 0 Å². The zero-order valence-corrected chi connectivity index (χ0v) is 15.5. The maximum Gasteiger partial charge on any atom is 0.261 e. The Hall–Kier alpha value is -2.50. The van der Waals surface area contributed by atoms with Gasteiger partial charge >= 0.3 is 0 Å². The summed E-state index contributed by atoms with van der Waals surface area (Å²) in [4.78, 5) is 29.0. The number of fused-ring (bicyclic) bond motifs is 3. The van der Waals surface area contributed by atoms with Gasteiger partial charge in [0.25, 0.3) is 11.5 Å². The molecule has 0 saturated heterocycles. The second kappa shape index (κ2) is 5.76. The highest BCUT2D eigenvalue weighted by Gasteiger charge is 2.59. The lowest BCUT2D eigenvalue weighted by molar-refractivity contribution is -0.121. The molecule has 6 nitrogen and oxygen atoms in total. The van der Waals surface area contributed by atoms with E-state index < -0.39 is 0 Å². The van der Waals surface area contributed by atoms with Crippen LogP contribution in [-0.4, -0.2) is 21.2 Å². The Labute approximate surface area is 152 Å². The molecule has 1 heterocycles. The van der Waals surface area contributed by atoms with E-state index in [2.05, 4.69) is 36.3 Å². The molecule has 1 aromatic heterocycles. The van der Waals surface area contributed by atoms with Gasteiger partial charge in [-0.2, -0.15) is 5.10 Å². The zero-order valence-electron chi connectivity index (χ0n) is 15.5. The van der Waals surface area contributed by atoms with Gasteiger partial charge in [-0.25, -0.2) is 10.4 Å². The Kier molecular flexibility index (Phi) is 3.75. The predicted octanol–water partition coefficient (Wildman–Crippen LogP) is 2.71. The van der Waals surface area contributed by atoms with Gasteiger partial charge in [-0.05, 0) is 42.7 Å². The summed E-state index contributed by atoms with van der Waals surface area (Å²) in [6, 6.07) is 7.13. The first kappa shape index (κ1) is 16.9. The third-order valence-corrected chi connectivity index (χ3v) is 6.87. The van der Waals surface area contributed by atoms with Crippen molar-refractivity contribution in [3.63, 3.8) is 0 Å². The summed E-state index contributed by atoms with van der Waals surface area (Å²) in [7, 11) is 0. The Morgan fingerprint density at radius 2 is 2.12 bits per heavy atom. The van der Waals surface area contributed by atoms with E-state index in [0.717, 1.165) is 18.6 Å². The standard InChI is InChI=1S/C20H24N4O2/c1-19(2)13-8-9-20(19,3)16(10-13)22-23-17(25)11-24-12-21-15-7-5-4-6-14(15)18(24)26/h4-7,12-13H,8-11H2,1-3H3,(H,23,25)/b22-16+/t13-,20-/m1/s1. The number of carbonyl (C=O) groups is 1. The number of para-hydroxylation sites is 1. The van der Waals surface area contributed by atoms with Crippen LogP contribution in [0.1, 0.15) is 40.0 Å². The molecule has 2 atom stereocenters. The molecule has 1 aromatic carbocycles. The predicted molar refractivity (Wildman–Crippen MR) is 101 cm³/mol. The summed E-state index contributed by atoms with van der Waals surface area (Å²) in [5, 5.41) is 4.95. The number of nitrogens with one attached hydrogen (secondary N) is 1. The number of amides is 1. The second-order valence-corrected chi connectivity index (χ2v) is 8.28. The molecule has 2 saturated carbocycles. The average Bonchev–Trinajstić information content (AvgIpc) is 2.96. The van der Waals surface area contributed by atoms with Gasteiger partial charge in [-0.15, -0.1) is 0 Å². The zero-order chi connectivity index (χ0) is 18.5. The minimum atomic E-state index is -0.305. The first-order chi connectivity index (χ1) is 12.3. The lowest BCUT2D eigenvalue weighted by atomic mass is 9.70. The highest BCUT2D eigenvalue weighted by atomic mass is 16.2. The van der Waals surface area contributed by atoms with Crippen molar-refractivity contribution in [2.45, 2.75) is 46.6 Å². The lowest BCUT2D eigenvalue weighted by Gasteiger charge is -2.34. The number of nitrogens with zero attached hydrogens (tertiary/aromatic N) is 3. The first-order valence-electron chi connectivity index (χ1n) is 9.13. The van der Waals surface area contributed by atoms with E-state index in [-0.39, 0.29) is 28.8 Å². The number of aromatic nitrogens is 2. The molecule has 2 aliphatic carbocycles. The van der Waals surface area contributed by atoms with Gasteiger partial charge in [0.05, 0.1) is 17.2 Å². The minimum Gasteiger partial charge on any atom is -0.289 e. The van der Waals surface area contributed by atoms with E-state index in [0.29, 0.717) is 16.8 Å². The van der Waals surface area contributed by atoms with Gasteiger partial charge in [0.1, 0.15) is 6.54 Å². The molecule has 136 valence electrons. The molecule has 0 spiro atoms. The largest absolute Gasteiger partial charge is 0.289 e. The van der Waals surface area contributed by atoms with Gasteiger partial charge in [0.15, 0.2) is 0 Å². The summed E-state index contributed by atoms with van der Waals surface area (Å²) in [6.07, 6.45) is 4.71. The molecule has 2 aromatic rings. The number of hydrazone groups is 1. The van der Waals surface area contributed by atoms with Crippen molar-refractivity contribution < 1.29 is 4.79 Å². The highest BCUT2D eigenvalue weighted by molar-refractivity contribution is 5.95.